The van der Waals surface area contributed by atoms with Crippen molar-refractivity contribution in [3.05, 3.63) is 77.9 Å². The van der Waals surface area contributed by atoms with Gasteiger partial charge in [-0.1, -0.05) is 66.7 Å². The van der Waals surface area contributed by atoms with Crippen LogP contribution in [0.4, 0.5) is 0 Å². The number of ketones is 1. The number of hydrogen-bond acceptors (Lipinski definition) is 4. The Morgan fingerprint density at radius 3 is 2.23 bits per heavy atom. The molecular formula is C21H21NO4. The molecule has 5 nitrogen and oxygen atoms in total. The van der Waals surface area contributed by atoms with Crippen molar-refractivity contribution in [1.29, 1.82) is 0 Å². The molecule has 1 unspecified atom stereocenters. The first kappa shape index (κ1) is 19.1. The van der Waals surface area contributed by atoms with E-state index >= 15 is 0 Å². The predicted molar refractivity (Wildman–Crippen MR) is 99.2 cm³/mol. The van der Waals surface area contributed by atoms with Crippen LogP contribution in [0.5, 0.6) is 0 Å². The summed E-state index contributed by atoms with van der Waals surface area (Å²) in [5.41, 5.74) is 1.66. The molecule has 1 N–H and O–H groups in total. The highest BCUT2D eigenvalue weighted by atomic mass is 16.5. The third-order valence-corrected chi connectivity index (χ3v) is 3.61. The first-order chi connectivity index (χ1) is 12.6. The Kier molecular flexibility index (Phi) is 7.31. The number of hydrogen-bond donors (Lipinski definition) is 1. The first-order valence-corrected chi connectivity index (χ1v) is 8.38. The Bertz CT molecular complexity index is 769. The van der Waals surface area contributed by atoms with E-state index in [1.807, 2.05) is 60.7 Å². The van der Waals surface area contributed by atoms with E-state index in [2.05, 4.69) is 5.32 Å². The molecule has 5 heteroatoms. The lowest BCUT2D eigenvalue weighted by Crippen LogP contribution is -2.45. The lowest BCUT2D eigenvalue weighted by Gasteiger charge is -2.16. The van der Waals surface area contributed by atoms with Crippen molar-refractivity contribution in [2.45, 2.75) is 19.4 Å². The van der Waals surface area contributed by atoms with E-state index in [9.17, 15) is 14.4 Å². The highest BCUT2D eigenvalue weighted by molar-refractivity contribution is 6.41. The second kappa shape index (κ2) is 9.93. The summed E-state index contributed by atoms with van der Waals surface area (Å²) in [4.78, 5) is 36.3. The zero-order chi connectivity index (χ0) is 18.8. The van der Waals surface area contributed by atoms with E-state index in [0.717, 1.165) is 11.1 Å². The molecule has 1 amide bonds. The maximum Gasteiger partial charge on any atom is 0.328 e. The zero-order valence-electron chi connectivity index (χ0n) is 14.6. The van der Waals surface area contributed by atoms with Gasteiger partial charge < -0.3 is 10.1 Å². The van der Waals surface area contributed by atoms with Crippen molar-refractivity contribution in [3.63, 3.8) is 0 Å². The number of amides is 1. The number of nitrogens with one attached hydrogen (secondary N) is 1. The van der Waals surface area contributed by atoms with Gasteiger partial charge in [0.1, 0.15) is 6.04 Å². The highest BCUT2D eigenvalue weighted by Crippen LogP contribution is 2.06. The summed E-state index contributed by atoms with van der Waals surface area (Å²) < 4.78 is 5.00. The molecule has 0 heterocycles. The molecule has 2 rings (SSSR count). The van der Waals surface area contributed by atoms with E-state index in [4.69, 9.17) is 4.74 Å². The molecular weight excluding hydrogens is 330 g/mol. The predicted octanol–water partition coefficient (Wildman–Crippen LogP) is 2.56. The largest absolute Gasteiger partial charge is 0.464 e. The standard InChI is InChI=1S/C21H21NO4/c1-2-26-21(25)18(15-17-11-7-4-8-12-17)22-20(24)19(23)14-13-16-9-5-3-6-10-16/h3-14,18H,2,15H2,1H3,(H,22,24)/b14-13+. The van der Waals surface area contributed by atoms with E-state index in [1.165, 1.54) is 6.08 Å². The summed E-state index contributed by atoms with van der Waals surface area (Å²) in [6, 6.07) is 17.5. The molecule has 0 aromatic heterocycles. The van der Waals surface area contributed by atoms with Gasteiger partial charge in [0.05, 0.1) is 6.61 Å². The lowest BCUT2D eigenvalue weighted by atomic mass is 10.1. The maximum atomic E-state index is 12.2. The van der Waals surface area contributed by atoms with Gasteiger partial charge in [-0.15, -0.1) is 0 Å². The van der Waals surface area contributed by atoms with Crippen molar-refractivity contribution < 1.29 is 19.1 Å². The number of benzene rings is 2. The van der Waals surface area contributed by atoms with Crippen LogP contribution >= 0.6 is 0 Å². The fourth-order valence-electron chi connectivity index (χ4n) is 2.33. The number of ether oxygens (including phenoxy) is 1. The molecule has 0 bridgehead atoms. The van der Waals surface area contributed by atoms with Crippen LogP contribution < -0.4 is 5.32 Å². The minimum atomic E-state index is -0.918. The van der Waals surface area contributed by atoms with Gasteiger partial charge in [-0.2, -0.15) is 0 Å². The fraction of sp³-hybridized carbons (Fsp3) is 0.190. The van der Waals surface area contributed by atoms with Crippen molar-refractivity contribution in [1.82, 2.24) is 5.32 Å². The smallest absolute Gasteiger partial charge is 0.328 e. The normalized spacial score (nSPS) is 11.7. The van der Waals surface area contributed by atoms with Gasteiger partial charge in [-0.25, -0.2) is 4.79 Å². The fourth-order valence-corrected chi connectivity index (χ4v) is 2.33. The van der Waals surface area contributed by atoms with E-state index < -0.39 is 23.7 Å². The molecule has 0 radical (unpaired) electrons. The quantitative estimate of drug-likeness (QED) is 0.451. The average molecular weight is 351 g/mol. The summed E-state index contributed by atoms with van der Waals surface area (Å²) in [6.07, 6.45) is 3.00. The first-order valence-electron chi connectivity index (χ1n) is 8.38. The van der Waals surface area contributed by atoms with Crippen LogP contribution in [0, 0.1) is 0 Å². The van der Waals surface area contributed by atoms with Crippen LogP contribution in [0.2, 0.25) is 0 Å². The number of esters is 1. The second-order valence-corrected chi connectivity index (χ2v) is 5.58. The van der Waals surface area contributed by atoms with Crippen LogP contribution in [0.25, 0.3) is 6.08 Å². The Hall–Kier alpha value is -3.21. The monoisotopic (exact) mass is 351 g/mol. The van der Waals surface area contributed by atoms with Gasteiger partial charge in [0.15, 0.2) is 0 Å². The summed E-state index contributed by atoms with van der Waals surface area (Å²) in [5.74, 6) is -2.13. The molecule has 26 heavy (non-hydrogen) atoms. The van der Waals surface area contributed by atoms with Crippen LogP contribution in [0.3, 0.4) is 0 Å². The Morgan fingerprint density at radius 1 is 1.00 bits per heavy atom. The third-order valence-electron chi connectivity index (χ3n) is 3.61. The van der Waals surface area contributed by atoms with Gasteiger partial charge in [-0.3, -0.25) is 9.59 Å². The Labute approximate surface area is 152 Å². The lowest BCUT2D eigenvalue weighted by molar-refractivity contribution is -0.148. The number of carbonyl (C=O) groups excluding carboxylic acids is 3. The van der Waals surface area contributed by atoms with Gasteiger partial charge in [0.25, 0.3) is 5.91 Å². The van der Waals surface area contributed by atoms with Gasteiger partial charge in [-0.05, 0) is 24.1 Å². The molecule has 2 aromatic carbocycles. The third kappa shape index (κ3) is 6.02. The minimum Gasteiger partial charge on any atom is -0.464 e. The molecule has 0 saturated heterocycles. The van der Waals surface area contributed by atoms with Gasteiger partial charge in [0.2, 0.25) is 5.78 Å². The van der Waals surface area contributed by atoms with Crippen molar-refractivity contribution in [2.75, 3.05) is 6.61 Å². The van der Waals surface area contributed by atoms with Crippen LogP contribution in [0.15, 0.2) is 66.7 Å². The van der Waals surface area contributed by atoms with Crippen LogP contribution in [-0.4, -0.2) is 30.3 Å². The average Bonchev–Trinajstić information content (AvgIpc) is 2.67. The van der Waals surface area contributed by atoms with E-state index in [-0.39, 0.29) is 13.0 Å². The molecule has 0 saturated carbocycles. The Morgan fingerprint density at radius 2 is 1.62 bits per heavy atom. The molecule has 0 spiro atoms. The van der Waals surface area contributed by atoms with Crippen molar-refractivity contribution in [3.8, 4) is 0 Å². The number of carbonyl (C=O) groups is 3. The molecule has 0 aliphatic heterocycles. The van der Waals surface area contributed by atoms with E-state index in [0.29, 0.717) is 0 Å². The van der Waals surface area contributed by atoms with Crippen LogP contribution in [0.1, 0.15) is 18.1 Å². The van der Waals surface area contributed by atoms with Gasteiger partial charge >= 0.3 is 5.97 Å². The topological polar surface area (TPSA) is 72.5 Å². The summed E-state index contributed by atoms with van der Waals surface area (Å²) in [6.45, 7) is 1.88. The molecule has 0 fully saturated rings. The highest BCUT2D eigenvalue weighted by Gasteiger charge is 2.24. The molecule has 0 aliphatic rings. The molecule has 1 atom stereocenters. The van der Waals surface area contributed by atoms with Crippen molar-refractivity contribution >= 4 is 23.7 Å². The summed E-state index contributed by atoms with van der Waals surface area (Å²) in [7, 11) is 0. The zero-order valence-corrected chi connectivity index (χ0v) is 14.6. The summed E-state index contributed by atoms with van der Waals surface area (Å²) >= 11 is 0. The molecule has 2 aromatic rings. The second-order valence-electron chi connectivity index (χ2n) is 5.58. The molecule has 0 aliphatic carbocycles. The van der Waals surface area contributed by atoms with Crippen LogP contribution in [-0.2, 0) is 25.5 Å². The minimum absolute atomic E-state index is 0.196. The van der Waals surface area contributed by atoms with Crippen molar-refractivity contribution in [2.24, 2.45) is 0 Å². The summed E-state index contributed by atoms with van der Waals surface area (Å²) in [5, 5.41) is 2.47. The SMILES string of the molecule is CCOC(=O)C(Cc1ccccc1)NC(=O)C(=O)/C=C/c1ccccc1. The number of rotatable bonds is 8. The maximum absolute atomic E-state index is 12.2. The van der Waals surface area contributed by atoms with E-state index in [1.54, 1.807) is 13.0 Å². The Balaban J connectivity index is 2.03. The van der Waals surface area contributed by atoms with Gasteiger partial charge in [0, 0.05) is 6.42 Å². The molecule has 134 valence electrons.